The van der Waals surface area contributed by atoms with E-state index in [2.05, 4.69) is 15.3 Å². The summed E-state index contributed by atoms with van der Waals surface area (Å²) in [7, 11) is 1.29. The van der Waals surface area contributed by atoms with Gasteiger partial charge in [0.05, 0.1) is 30.2 Å². The highest BCUT2D eigenvalue weighted by molar-refractivity contribution is 7.20. The second-order valence-corrected chi connectivity index (χ2v) is 6.33. The van der Waals surface area contributed by atoms with Crippen molar-refractivity contribution in [1.82, 2.24) is 19.9 Å². The molecular formula is C16H16N4O3S. The van der Waals surface area contributed by atoms with Crippen LogP contribution in [0.2, 0.25) is 0 Å². The monoisotopic (exact) mass is 344 g/mol. The lowest BCUT2D eigenvalue weighted by atomic mass is 10.2. The zero-order valence-electron chi connectivity index (χ0n) is 13.2. The first-order chi connectivity index (χ1) is 11.6. The van der Waals surface area contributed by atoms with E-state index in [4.69, 9.17) is 4.74 Å². The van der Waals surface area contributed by atoms with Crippen molar-refractivity contribution in [2.75, 3.05) is 7.11 Å². The number of nitrogens with zero attached hydrogens (tertiary/aromatic N) is 3. The van der Waals surface area contributed by atoms with Gasteiger partial charge in [-0.1, -0.05) is 6.07 Å². The molecule has 0 aliphatic heterocycles. The number of methoxy groups -OCH3 is 1. The van der Waals surface area contributed by atoms with Crippen molar-refractivity contribution in [2.45, 2.75) is 19.5 Å². The van der Waals surface area contributed by atoms with Crippen LogP contribution < -0.4 is 5.32 Å². The first-order valence-corrected chi connectivity index (χ1v) is 8.10. The quantitative estimate of drug-likeness (QED) is 0.713. The van der Waals surface area contributed by atoms with Gasteiger partial charge in [0.25, 0.3) is 5.91 Å². The van der Waals surface area contributed by atoms with E-state index >= 15 is 0 Å². The lowest BCUT2D eigenvalue weighted by Crippen LogP contribution is -2.44. The molecule has 0 spiro atoms. The number of esters is 1. The minimum atomic E-state index is -0.814. The number of hydrogen-bond donors (Lipinski definition) is 1. The molecule has 24 heavy (non-hydrogen) atoms. The molecule has 2 aromatic heterocycles. The molecule has 1 amide bonds. The van der Waals surface area contributed by atoms with E-state index in [0.29, 0.717) is 5.01 Å². The number of imidazole rings is 1. The average molecular weight is 344 g/mol. The molecule has 0 saturated heterocycles. The molecule has 8 heteroatoms. The molecule has 124 valence electrons. The maximum atomic E-state index is 12.5. The fraction of sp³-hybridized carbons (Fsp3) is 0.250. The van der Waals surface area contributed by atoms with Crippen LogP contribution in [0.3, 0.4) is 0 Å². The number of amides is 1. The number of carbonyl (C=O) groups is 2. The third-order valence-corrected chi connectivity index (χ3v) is 4.50. The summed E-state index contributed by atoms with van der Waals surface area (Å²) in [6.45, 7) is 2.22. The zero-order chi connectivity index (χ0) is 17.1. The number of rotatable bonds is 5. The van der Waals surface area contributed by atoms with Crippen LogP contribution in [0.25, 0.3) is 10.2 Å². The molecule has 0 saturated carbocycles. The number of benzene rings is 1. The van der Waals surface area contributed by atoms with Gasteiger partial charge >= 0.3 is 5.97 Å². The molecule has 2 heterocycles. The third-order valence-electron chi connectivity index (χ3n) is 3.48. The summed E-state index contributed by atoms with van der Waals surface area (Å²) in [6, 6.07) is 4.99. The Balaban J connectivity index is 1.79. The van der Waals surface area contributed by atoms with E-state index in [0.717, 1.165) is 15.8 Å². The van der Waals surface area contributed by atoms with Crippen molar-refractivity contribution in [3.05, 3.63) is 47.5 Å². The minimum Gasteiger partial charge on any atom is -0.467 e. The highest BCUT2D eigenvalue weighted by atomic mass is 32.1. The molecule has 1 N–H and O–H groups in total. The largest absolute Gasteiger partial charge is 0.467 e. The van der Waals surface area contributed by atoms with Crippen molar-refractivity contribution in [3.63, 3.8) is 0 Å². The summed E-state index contributed by atoms with van der Waals surface area (Å²) in [5.74, 6) is -0.918. The lowest BCUT2D eigenvalue weighted by molar-refractivity contribution is -0.143. The van der Waals surface area contributed by atoms with E-state index in [1.54, 1.807) is 23.3 Å². The second kappa shape index (κ2) is 6.79. The van der Waals surface area contributed by atoms with Gasteiger partial charge in [-0.25, -0.2) is 14.8 Å². The number of thiazole rings is 1. The van der Waals surface area contributed by atoms with Gasteiger partial charge in [-0.3, -0.25) is 4.79 Å². The Morgan fingerprint density at radius 1 is 1.42 bits per heavy atom. The summed E-state index contributed by atoms with van der Waals surface area (Å²) in [5.41, 5.74) is 1.87. The van der Waals surface area contributed by atoms with Crippen LogP contribution in [0.4, 0.5) is 0 Å². The summed E-state index contributed by atoms with van der Waals surface area (Å²) in [4.78, 5) is 32.6. The van der Waals surface area contributed by atoms with Crippen LogP contribution in [-0.2, 0) is 16.1 Å². The molecule has 0 unspecified atom stereocenters. The molecule has 0 aliphatic carbocycles. The van der Waals surface area contributed by atoms with Gasteiger partial charge < -0.3 is 14.6 Å². The first kappa shape index (κ1) is 16.1. The topological polar surface area (TPSA) is 86.1 Å². The molecule has 1 atom stereocenters. The number of nitrogens with one attached hydrogen (secondary N) is 1. The second-order valence-electron chi connectivity index (χ2n) is 5.30. The average Bonchev–Trinajstić information content (AvgIpc) is 3.22. The Labute approximate surface area is 142 Å². The maximum absolute atomic E-state index is 12.5. The molecule has 0 bridgehead atoms. The number of ether oxygens (including phenoxy) is 1. The van der Waals surface area contributed by atoms with Gasteiger partial charge in [-0.2, -0.15) is 0 Å². The van der Waals surface area contributed by atoms with Gasteiger partial charge in [-0.15, -0.1) is 11.3 Å². The molecule has 1 aromatic carbocycles. The molecule has 0 radical (unpaired) electrons. The maximum Gasteiger partial charge on any atom is 0.330 e. The third kappa shape index (κ3) is 3.43. The predicted octanol–water partition coefficient (Wildman–Crippen LogP) is 1.77. The zero-order valence-corrected chi connectivity index (χ0v) is 14.0. The van der Waals surface area contributed by atoms with Crippen LogP contribution in [-0.4, -0.2) is 39.6 Å². The standard InChI is InChI=1S/C16H16N4O3S/c1-10-3-4-11-13(7-10)24-15(19-11)14(21)18-12(16(22)23-2)8-20-6-5-17-9-20/h3-7,9,12H,8H2,1-2H3,(H,18,21)/t12-/m0/s1. The Morgan fingerprint density at radius 3 is 2.96 bits per heavy atom. The number of hydrogen-bond acceptors (Lipinski definition) is 6. The van der Waals surface area contributed by atoms with Gasteiger partial charge in [0.2, 0.25) is 0 Å². The summed E-state index contributed by atoms with van der Waals surface area (Å²) in [5, 5.41) is 3.00. The highest BCUT2D eigenvalue weighted by Gasteiger charge is 2.24. The van der Waals surface area contributed by atoms with E-state index in [9.17, 15) is 9.59 Å². The van der Waals surface area contributed by atoms with Crippen LogP contribution >= 0.6 is 11.3 Å². The van der Waals surface area contributed by atoms with E-state index in [-0.39, 0.29) is 6.54 Å². The Morgan fingerprint density at radius 2 is 2.25 bits per heavy atom. The van der Waals surface area contributed by atoms with E-state index in [1.807, 2.05) is 25.1 Å². The Hall–Kier alpha value is -2.74. The van der Waals surface area contributed by atoms with Crippen LogP contribution in [0.1, 0.15) is 15.4 Å². The normalized spacial score (nSPS) is 12.1. The minimum absolute atomic E-state index is 0.239. The smallest absolute Gasteiger partial charge is 0.330 e. The van der Waals surface area contributed by atoms with E-state index < -0.39 is 17.9 Å². The Kier molecular flexibility index (Phi) is 4.57. The van der Waals surface area contributed by atoms with Crippen molar-refractivity contribution >= 4 is 33.4 Å². The summed E-state index contributed by atoms with van der Waals surface area (Å²) < 4.78 is 7.40. The number of aromatic nitrogens is 3. The van der Waals surface area contributed by atoms with Gasteiger partial charge in [0.1, 0.15) is 6.04 Å². The van der Waals surface area contributed by atoms with Crippen molar-refractivity contribution < 1.29 is 14.3 Å². The number of carbonyl (C=O) groups excluding carboxylic acids is 2. The van der Waals surface area contributed by atoms with Crippen LogP contribution in [0.5, 0.6) is 0 Å². The summed E-state index contributed by atoms with van der Waals surface area (Å²) >= 11 is 1.29. The molecule has 0 fully saturated rings. The van der Waals surface area contributed by atoms with Gasteiger partial charge in [-0.05, 0) is 24.6 Å². The van der Waals surface area contributed by atoms with Crippen LogP contribution in [0, 0.1) is 6.92 Å². The summed E-state index contributed by atoms with van der Waals surface area (Å²) in [6.07, 6.45) is 4.89. The molecule has 7 nitrogen and oxygen atoms in total. The molecule has 0 aliphatic rings. The fourth-order valence-electron chi connectivity index (χ4n) is 2.28. The fourth-order valence-corrected chi connectivity index (χ4v) is 3.24. The van der Waals surface area contributed by atoms with Gasteiger partial charge in [0.15, 0.2) is 5.01 Å². The highest BCUT2D eigenvalue weighted by Crippen LogP contribution is 2.23. The SMILES string of the molecule is COC(=O)[C@H](Cn1ccnc1)NC(=O)c1nc2ccc(C)cc2s1. The predicted molar refractivity (Wildman–Crippen MR) is 89.9 cm³/mol. The molecular weight excluding hydrogens is 328 g/mol. The van der Waals surface area contributed by atoms with Crippen molar-refractivity contribution in [3.8, 4) is 0 Å². The van der Waals surface area contributed by atoms with Crippen molar-refractivity contribution in [2.24, 2.45) is 0 Å². The lowest BCUT2D eigenvalue weighted by Gasteiger charge is -2.16. The number of fused-ring (bicyclic) bond motifs is 1. The number of aryl methyl sites for hydroxylation is 1. The van der Waals surface area contributed by atoms with Crippen LogP contribution in [0.15, 0.2) is 36.9 Å². The molecule has 3 rings (SSSR count). The Bertz CT molecular complexity index is 873. The first-order valence-electron chi connectivity index (χ1n) is 7.28. The van der Waals surface area contributed by atoms with Crippen molar-refractivity contribution in [1.29, 1.82) is 0 Å². The van der Waals surface area contributed by atoms with E-state index in [1.165, 1.54) is 18.4 Å². The molecule has 3 aromatic rings. The van der Waals surface area contributed by atoms with Gasteiger partial charge in [0, 0.05) is 12.4 Å².